The molecule has 4 unspecified atom stereocenters. The van der Waals surface area contributed by atoms with Gasteiger partial charge in [-0.25, -0.2) is 0 Å². The van der Waals surface area contributed by atoms with E-state index in [4.69, 9.17) is 15.3 Å². The molecule has 0 saturated heterocycles. The maximum atomic E-state index is 11.5. The van der Waals surface area contributed by atoms with E-state index >= 15 is 0 Å². The van der Waals surface area contributed by atoms with Crippen LogP contribution in [0, 0.1) is 17.8 Å². The lowest BCUT2D eigenvalue weighted by Gasteiger charge is -2.07. The summed E-state index contributed by atoms with van der Waals surface area (Å²) in [6, 6.07) is 0. The molecular weight excluding hydrogens is 259 g/mol. The van der Waals surface area contributed by atoms with Crippen LogP contribution in [0.4, 0.5) is 0 Å². The summed E-state index contributed by atoms with van der Waals surface area (Å²) in [6.45, 7) is -0.0207. The lowest BCUT2D eigenvalue weighted by Crippen LogP contribution is -2.19. The molecule has 0 aliphatic heterocycles. The van der Waals surface area contributed by atoms with Crippen LogP contribution in [-0.4, -0.2) is 46.2 Å². The summed E-state index contributed by atoms with van der Waals surface area (Å²) in [5.74, 6) is -3.54. The maximum Gasteiger partial charge on any atom is 0.338 e. The van der Waals surface area contributed by atoms with Crippen molar-refractivity contribution in [2.75, 3.05) is 18.9 Å². The van der Waals surface area contributed by atoms with E-state index in [9.17, 15) is 14.2 Å². The third-order valence-corrected chi connectivity index (χ3v) is 4.82. The van der Waals surface area contributed by atoms with E-state index in [2.05, 4.69) is 0 Å². The molecule has 4 atom stereocenters. The normalized spacial score (nSPS) is 24.4. The molecule has 18 heavy (non-hydrogen) atoms. The van der Waals surface area contributed by atoms with Gasteiger partial charge in [-0.15, -0.1) is 0 Å². The molecule has 0 aromatic rings. The highest BCUT2D eigenvalue weighted by molar-refractivity contribution is 7.44. The summed E-state index contributed by atoms with van der Waals surface area (Å²) in [7, 11) is -1.49. The molecule has 1 aliphatic carbocycles. The molecule has 0 amide bonds. The van der Waals surface area contributed by atoms with Crippen molar-refractivity contribution in [1.29, 1.82) is 0 Å². The zero-order chi connectivity index (χ0) is 13.7. The molecule has 1 aliphatic rings. The summed E-state index contributed by atoms with van der Waals surface area (Å²) in [4.78, 5) is 21.7. The second-order valence-electron chi connectivity index (χ2n) is 4.58. The highest BCUT2D eigenvalue weighted by Crippen LogP contribution is 2.46. The topological polar surface area (TPSA) is 112 Å². The Kier molecular flexibility index (Phi) is 5.69. The van der Waals surface area contributed by atoms with Gasteiger partial charge >= 0.3 is 19.7 Å². The average Bonchev–Trinajstić information content (AvgIpc) is 3.06. The minimum atomic E-state index is -1.49. The smallest absolute Gasteiger partial charge is 0.338 e. The van der Waals surface area contributed by atoms with E-state index in [1.807, 2.05) is 0 Å². The lowest BCUT2D eigenvalue weighted by molar-refractivity contribution is -0.143. The number of carbonyl (C=O) groups is 2. The molecule has 0 bridgehead atoms. The first-order chi connectivity index (χ1) is 8.47. The minimum absolute atomic E-state index is 0.0207. The van der Waals surface area contributed by atoms with Crippen molar-refractivity contribution in [3.63, 3.8) is 0 Å². The summed E-state index contributed by atoms with van der Waals surface area (Å²) < 4.78 is 11.5. The van der Waals surface area contributed by atoms with Crippen LogP contribution in [0.2, 0.25) is 0 Å². The van der Waals surface area contributed by atoms with Gasteiger partial charge in [-0.1, -0.05) is 4.57 Å². The Hall–Kier alpha value is -1.00. The fraction of sp³-hybridized carbons (Fsp3) is 0.818. The molecule has 1 rings (SSSR count). The molecule has 0 aromatic carbocycles. The number of aliphatic carboxylic acids is 2. The number of hydrogen-bond donors (Lipinski definition) is 3. The van der Waals surface area contributed by atoms with Crippen molar-refractivity contribution < 1.29 is 29.5 Å². The molecule has 0 spiro atoms. The first-order valence-corrected chi connectivity index (χ1v) is 7.59. The SMILES string of the molecule is O=C(O)C(CC[P+](=O)CCCO)C1CC1C(=O)O. The van der Waals surface area contributed by atoms with Gasteiger partial charge in [0.15, 0.2) is 0 Å². The van der Waals surface area contributed by atoms with E-state index in [-0.39, 0.29) is 25.1 Å². The Morgan fingerprint density at radius 1 is 1.28 bits per heavy atom. The number of hydrogen-bond acceptors (Lipinski definition) is 4. The highest BCUT2D eigenvalue weighted by atomic mass is 31.1. The molecule has 0 radical (unpaired) electrons. The maximum absolute atomic E-state index is 11.5. The Morgan fingerprint density at radius 2 is 1.94 bits per heavy atom. The molecule has 102 valence electrons. The zero-order valence-electron chi connectivity index (χ0n) is 9.99. The molecule has 0 heterocycles. The number of aliphatic hydroxyl groups excluding tert-OH is 1. The highest BCUT2D eigenvalue weighted by Gasteiger charge is 2.50. The first-order valence-electron chi connectivity index (χ1n) is 5.96. The third-order valence-electron chi connectivity index (χ3n) is 3.25. The predicted octanol–water partition coefficient (Wildman–Crippen LogP) is 1.01. The van der Waals surface area contributed by atoms with Gasteiger partial charge in [-0.2, -0.15) is 0 Å². The van der Waals surface area contributed by atoms with Gasteiger partial charge < -0.3 is 15.3 Å². The molecule has 1 fully saturated rings. The molecule has 7 heteroatoms. The van der Waals surface area contributed by atoms with E-state index in [1.165, 1.54) is 0 Å². The summed E-state index contributed by atoms with van der Waals surface area (Å²) in [5.41, 5.74) is 0. The van der Waals surface area contributed by atoms with Crippen LogP contribution in [0.15, 0.2) is 0 Å². The van der Waals surface area contributed by atoms with E-state index in [0.29, 0.717) is 19.0 Å². The Balaban J connectivity index is 2.38. The quantitative estimate of drug-likeness (QED) is 0.542. The molecule has 3 N–H and O–H groups in total. The van der Waals surface area contributed by atoms with E-state index in [1.54, 1.807) is 0 Å². The standard InChI is InChI=1S/C11H17O6P/c12-3-1-4-18(17)5-2-7(10(13)14)8-6-9(8)11(15)16/h7-9,12H,1-6H2,(H-,13,14,15,16)/p+1. The van der Waals surface area contributed by atoms with Gasteiger partial charge in [-0.3, -0.25) is 9.59 Å². The number of carboxylic acids is 2. The third kappa shape index (κ3) is 4.35. The minimum Gasteiger partial charge on any atom is -0.481 e. The van der Waals surface area contributed by atoms with Gasteiger partial charge in [0.25, 0.3) is 0 Å². The lowest BCUT2D eigenvalue weighted by atomic mass is 9.99. The van der Waals surface area contributed by atoms with Crippen molar-refractivity contribution in [2.24, 2.45) is 17.8 Å². The van der Waals surface area contributed by atoms with Crippen molar-refractivity contribution >= 4 is 19.7 Å². The fourth-order valence-electron chi connectivity index (χ4n) is 2.11. The van der Waals surface area contributed by atoms with Crippen molar-refractivity contribution in [3.05, 3.63) is 0 Å². The largest absolute Gasteiger partial charge is 0.481 e. The first kappa shape index (κ1) is 15.1. The van der Waals surface area contributed by atoms with Crippen molar-refractivity contribution in [2.45, 2.75) is 19.3 Å². The Morgan fingerprint density at radius 3 is 2.39 bits per heavy atom. The van der Waals surface area contributed by atoms with Gasteiger partial charge in [0.05, 0.1) is 11.8 Å². The summed E-state index contributed by atoms with van der Waals surface area (Å²) >= 11 is 0. The Labute approximate surface area is 106 Å². The fourth-order valence-corrected chi connectivity index (χ4v) is 3.39. The molecule has 1 saturated carbocycles. The monoisotopic (exact) mass is 277 g/mol. The Bertz CT molecular complexity index is 342. The number of rotatable bonds is 9. The zero-order valence-corrected chi connectivity index (χ0v) is 10.9. The van der Waals surface area contributed by atoms with Crippen LogP contribution in [-0.2, 0) is 14.2 Å². The number of aliphatic hydroxyl groups is 1. The van der Waals surface area contributed by atoms with E-state index in [0.717, 1.165) is 0 Å². The molecule has 6 nitrogen and oxygen atoms in total. The van der Waals surface area contributed by atoms with Crippen LogP contribution >= 0.6 is 7.80 Å². The van der Waals surface area contributed by atoms with Crippen LogP contribution in [0.3, 0.4) is 0 Å². The van der Waals surface area contributed by atoms with Crippen LogP contribution in [0.1, 0.15) is 19.3 Å². The van der Waals surface area contributed by atoms with Gasteiger partial charge in [0.1, 0.15) is 12.3 Å². The van der Waals surface area contributed by atoms with Gasteiger partial charge in [0, 0.05) is 19.4 Å². The van der Waals surface area contributed by atoms with Crippen LogP contribution in [0.5, 0.6) is 0 Å². The van der Waals surface area contributed by atoms with Crippen LogP contribution < -0.4 is 0 Å². The van der Waals surface area contributed by atoms with Gasteiger partial charge in [-0.05, 0) is 12.3 Å². The molecular formula is C11H18O6P+. The van der Waals surface area contributed by atoms with Crippen molar-refractivity contribution in [1.82, 2.24) is 0 Å². The predicted molar refractivity (Wildman–Crippen MR) is 64.0 cm³/mol. The summed E-state index contributed by atoms with van der Waals surface area (Å²) in [5, 5.41) is 26.4. The van der Waals surface area contributed by atoms with Gasteiger partial charge in [0.2, 0.25) is 0 Å². The number of carboxylic acid groups (broad SMARTS) is 2. The van der Waals surface area contributed by atoms with Crippen LogP contribution in [0.25, 0.3) is 0 Å². The van der Waals surface area contributed by atoms with Crippen molar-refractivity contribution in [3.8, 4) is 0 Å². The molecule has 0 aromatic heterocycles. The summed E-state index contributed by atoms with van der Waals surface area (Å²) in [6.07, 6.45) is 1.79. The second kappa shape index (κ2) is 6.81. The second-order valence-corrected chi connectivity index (χ2v) is 6.44. The van der Waals surface area contributed by atoms with E-state index < -0.39 is 31.6 Å². The average molecular weight is 277 g/mol.